The standard InChI is InChI=1S/C11H19N3O2/c1-3-6-16-7-5-10(15)13-11-9(4-2)8-12-14-11/h8H,3-7H2,1-2H3,(H2,12,13,14,15). The molecular formula is C11H19N3O2. The lowest BCUT2D eigenvalue weighted by atomic mass is 10.2. The number of aromatic nitrogens is 2. The number of anilines is 1. The molecule has 90 valence electrons. The molecule has 5 heteroatoms. The Morgan fingerprint density at radius 2 is 2.31 bits per heavy atom. The van der Waals surface area contributed by atoms with Crippen LogP contribution in [0, 0.1) is 0 Å². The lowest BCUT2D eigenvalue weighted by molar-refractivity contribution is -0.117. The number of carbonyl (C=O) groups is 1. The molecule has 1 aromatic rings. The Morgan fingerprint density at radius 3 is 3.00 bits per heavy atom. The lowest BCUT2D eigenvalue weighted by Crippen LogP contribution is -2.15. The van der Waals surface area contributed by atoms with Gasteiger partial charge in [-0.3, -0.25) is 9.89 Å². The third-order valence-corrected chi connectivity index (χ3v) is 2.19. The predicted octanol–water partition coefficient (Wildman–Crippen LogP) is 1.73. The van der Waals surface area contributed by atoms with Crippen LogP contribution in [0.25, 0.3) is 0 Å². The fraction of sp³-hybridized carbons (Fsp3) is 0.636. The summed E-state index contributed by atoms with van der Waals surface area (Å²) in [5, 5.41) is 9.43. The van der Waals surface area contributed by atoms with Crippen LogP contribution < -0.4 is 5.32 Å². The van der Waals surface area contributed by atoms with Gasteiger partial charge in [-0.05, 0) is 12.8 Å². The number of hydrogen-bond donors (Lipinski definition) is 2. The number of rotatable bonds is 7. The van der Waals surface area contributed by atoms with Crippen LogP contribution in [0.1, 0.15) is 32.3 Å². The zero-order chi connectivity index (χ0) is 11.8. The van der Waals surface area contributed by atoms with E-state index >= 15 is 0 Å². The highest BCUT2D eigenvalue weighted by molar-refractivity contribution is 5.90. The summed E-state index contributed by atoms with van der Waals surface area (Å²) in [7, 11) is 0. The SMILES string of the molecule is CCCOCCC(=O)Nc1[nH]ncc1CC. The van der Waals surface area contributed by atoms with Crippen molar-refractivity contribution in [2.75, 3.05) is 18.5 Å². The molecular weight excluding hydrogens is 206 g/mol. The third-order valence-electron chi connectivity index (χ3n) is 2.19. The number of nitrogens with zero attached hydrogens (tertiary/aromatic N) is 1. The van der Waals surface area contributed by atoms with Crippen molar-refractivity contribution in [2.45, 2.75) is 33.1 Å². The van der Waals surface area contributed by atoms with Gasteiger partial charge in [0.05, 0.1) is 19.2 Å². The van der Waals surface area contributed by atoms with Crippen molar-refractivity contribution in [2.24, 2.45) is 0 Å². The summed E-state index contributed by atoms with van der Waals surface area (Å²) in [5.74, 6) is 0.651. The van der Waals surface area contributed by atoms with E-state index in [2.05, 4.69) is 15.5 Å². The van der Waals surface area contributed by atoms with E-state index < -0.39 is 0 Å². The zero-order valence-electron chi connectivity index (χ0n) is 9.88. The quantitative estimate of drug-likeness (QED) is 0.694. The van der Waals surface area contributed by atoms with Crippen LogP contribution in [-0.2, 0) is 16.0 Å². The highest BCUT2D eigenvalue weighted by atomic mass is 16.5. The van der Waals surface area contributed by atoms with Crippen LogP contribution in [0.15, 0.2) is 6.20 Å². The van der Waals surface area contributed by atoms with E-state index in [0.717, 1.165) is 18.4 Å². The van der Waals surface area contributed by atoms with Gasteiger partial charge in [-0.25, -0.2) is 0 Å². The van der Waals surface area contributed by atoms with E-state index in [4.69, 9.17) is 4.74 Å². The molecule has 0 radical (unpaired) electrons. The van der Waals surface area contributed by atoms with Crippen LogP contribution in [-0.4, -0.2) is 29.3 Å². The summed E-state index contributed by atoms with van der Waals surface area (Å²) < 4.78 is 5.24. The lowest BCUT2D eigenvalue weighted by Gasteiger charge is -2.05. The monoisotopic (exact) mass is 225 g/mol. The molecule has 1 heterocycles. The maximum Gasteiger partial charge on any atom is 0.227 e. The molecule has 0 saturated heterocycles. The third kappa shape index (κ3) is 4.02. The first-order chi connectivity index (χ1) is 7.77. The second-order valence-corrected chi connectivity index (χ2v) is 3.53. The number of carbonyl (C=O) groups excluding carboxylic acids is 1. The van der Waals surface area contributed by atoms with Crippen molar-refractivity contribution in [1.82, 2.24) is 10.2 Å². The Balaban J connectivity index is 2.28. The topological polar surface area (TPSA) is 67.0 Å². The first kappa shape index (κ1) is 12.7. The van der Waals surface area contributed by atoms with E-state index in [1.165, 1.54) is 0 Å². The average molecular weight is 225 g/mol. The van der Waals surface area contributed by atoms with E-state index in [1.54, 1.807) is 6.20 Å². The van der Waals surface area contributed by atoms with Crippen molar-refractivity contribution in [3.63, 3.8) is 0 Å². The fourth-order valence-electron chi connectivity index (χ4n) is 1.30. The Labute approximate surface area is 95.6 Å². The van der Waals surface area contributed by atoms with Gasteiger partial charge in [0.15, 0.2) is 0 Å². The summed E-state index contributed by atoms with van der Waals surface area (Å²) in [5.41, 5.74) is 1.02. The number of aryl methyl sites for hydroxylation is 1. The number of H-pyrrole nitrogens is 1. The molecule has 0 aliphatic carbocycles. The van der Waals surface area contributed by atoms with E-state index in [9.17, 15) is 4.79 Å². The minimum absolute atomic E-state index is 0.0462. The second-order valence-electron chi connectivity index (χ2n) is 3.53. The van der Waals surface area contributed by atoms with Crippen LogP contribution in [0.4, 0.5) is 5.82 Å². The van der Waals surface area contributed by atoms with Gasteiger partial charge < -0.3 is 10.1 Å². The molecule has 2 N–H and O–H groups in total. The number of hydrogen-bond acceptors (Lipinski definition) is 3. The Morgan fingerprint density at radius 1 is 1.50 bits per heavy atom. The molecule has 0 spiro atoms. The van der Waals surface area contributed by atoms with Crippen molar-refractivity contribution in [3.05, 3.63) is 11.8 Å². The van der Waals surface area contributed by atoms with Gasteiger partial charge in [-0.1, -0.05) is 13.8 Å². The Kier molecular flexibility index (Phi) is 5.56. The van der Waals surface area contributed by atoms with Crippen LogP contribution >= 0.6 is 0 Å². The van der Waals surface area contributed by atoms with E-state index in [1.807, 2.05) is 13.8 Å². The number of ether oxygens (including phenoxy) is 1. The molecule has 16 heavy (non-hydrogen) atoms. The molecule has 5 nitrogen and oxygen atoms in total. The largest absolute Gasteiger partial charge is 0.381 e. The van der Waals surface area contributed by atoms with Crippen LogP contribution in [0.5, 0.6) is 0 Å². The first-order valence-corrected chi connectivity index (χ1v) is 5.67. The van der Waals surface area contributed by atoms with Crippen molar-refractivity contribution < 1.29 is 9.53 Å². The summed E-state index contributed by atoms with van der Waals surface area (Å²) in [6.45, 7) is 5.23. The molecule has 1 aromatic heterocycles. The average Bonchev–Trinajstić information content (AvgIpc) is 2.71. The molecule has 0 aliphatic heterocycles. The molecule has 0 bridgehead atoms. The van der Waals surface area contributed by atoms with Crippen molar-refractivity contribution in [3.8, 4) is 0 Å². The smallest absolute Gasteiger partial charge is 0.227 e. The number of nitrogens with one attached hydrogen (secondary N) is 2. The van der Waals surface area contributed by atoms with Crippen molar-refractivity contribution >= 4 is 11.7 Å². The van der Waals surface area contributed by atoms with Gasteiger partial charge in [-0.2, -0.15) is 5.10 Å². The molecule has 1 amide bonds. The van der Waals surface area contributed by atoms with E-state index in [-0.39, 0.29) is 5.91 Å². The Bertz CT molecular complexity index is 323. The summed E-state index contributed by atoms with van der Waals surface area (Å²) in [6, 6.07) is 0. The van der Waals surface area contributed by atoms with Gasteiger partial charge in [0, 0.05) is 12.2 Å². The first-order valence-electron chi connectivity index (χ1n) is 5.67. The van der Waals surface area contributed by atoms with Gasteiger partial charge in [0.1, 0.15) is 5.82 Å². The van der Waals surface area contributed by atoms with Crippen molar-refractivity contribution in [1.29, 1.82) is 0 Å². The van der Waals surface area contributed by atoms with Gasteiger partial charge in [0.2, 0.25) is 5.91 Å². The molecule has 0 unspecified atom stereocenters. The van der Waals surface area contributed by atoms with Gasteiger partial charge in [-0.15, -0.1) is 0 Å². The minimum Gasteiger partial charge on any atom is -0.381 e. The molecule has 0 saturated carbocycles. The van der Waals surface area contributed by atoms with Gasteiger partial charge >= 0.3 is 0 Å². The van der Waals surface area contributed by atoms with E-state index in [0.29, 0.717) is 25.5 Å². The fourth-order valence-corrected chi connectivity index (χ4v) is 1.30. The minimum atomic E-state index is -0.0462. The molecule has 0 aromatic carbocycles. The summed E-state index contributed by atoms with van der Waals surface area (Å²) >= 11 is 0. The maximum absolute atomic E-state index is 11.5. The highest BCUT2D eigenvalue weighted by Crippen LogP contribution is 2.11. The number of aromatic amines is 1. The molecule has 0 aliphatic rings. The molecule has 0 atom stereocenters. The van der Waals surface area contributed by atoms with Gasteiger partial charge in [0.25, 0.3) is 0 Å². The predicted molar refractivity (Wildman–Crippen MR) is 62.3 cm³/mol. The second kappa shape index (κ2) is 7.00. The van der Waals surface area contributed by atoms with Crippen LogP contribution in [0.2, 0.25) is 0 Å². The normalized spacial score (nSPS) is 10.4. The zero-order valence-corrected chi connectivity index (χ0v) is 9.88. The highest BCUT2D eigenvalue weighted by Gasteiger charge is 2.07. The summed E-state index contributed by atoms with van der Waals surface area (Å²) in [4.78, 5) is 11.5. The number of amides is 1. The summed E-state index contributed by atoms with van der Waals surface area (Å²) in [6.07, 6.45) is 3.92. The van der Waals surface area contributed by atoms with Crippen LogP contribution in [0.3, 0.4) is 0 Å². The Hall–Kier alpha value is -1.36. The molecule has 1 rings (SSSR count). The maximum atomic E-state index is 11.5. The molecule has 0 fully saturated rings.